The quantitative estimate of drug-likeness (QED) is 0.721. The highest BCUT2D eigenvalue weighted by Gasteiger charge is 2.24. The monoisotopic (exact) mass is 310 g/mol. The van der Waals surface area contributed by atoms with Gasteiger partial charge in [0.05, 0.1) is 0 Å². The predicted molar refractivity (Wildman–Crippen MR) is 81.5 cm³/mol. The third-order valence-corrected chi connectivity index (χ3v) is 3.40. The molecule has 0 radical (unpaired) electrons. The minimum atomic E-state index is -0.481. The normalized spacial score (nSPS) is 18.0. The molecular formula is C14H19ClN4O2. The first kappa shape index (κ1) is 15.6. The van der Waals surface area contributed by atoms with Crippen molar-refractivity contribution >= 4 is 29.2 Å². The average Bonchev–Trinajstić information content (AvgIpc) is 2.47. The van der Waals surface area contributed by atoms with Gasteiger partial charge in [-0.2, -0.15) is 0 Å². The van der Waals surface area contributed by atoms with E-state index in [9.17, 15) is 9.59 Å². The minimum absolute atomic E-state index is 0.140. The van der Waals surface area contributed by atoms with E-state index in [1.54, 1.807) is 6.07 Å². The van der Waals surface area contributed by atoms with Gasteiger partial charge in [0.1, 0.15) is 17.0 Å². The van der Waals surface area contributed by atoms with E-state index in [0.29, 0.717) is 24.3 Å². The van der Waals surface area contributed by atoms with Crippen LogP contribution < -0.4 is 16.0 Å². The summed E-state index contributed by atoms with van der Waals surface area (Å²) in [6.07, 6.45) is 2.45. The van der Waals surface area contributed by atoms with Crippen molar-refractivity contribution in [2.45, 2.75) is 32.2 Å². The van der Waals surface area contributed by atoms with Crippen molar-refractivity contribution in [2.75, 3.05) is 18.4 Å². The van der Waals surface area contributed by atoms with E-state index in [0.717, 1.165) is 19.4 Å². The van der Waals surface area contributed by atoms with E-state index in [4.69, 9.17) is 11.6 Å². The number of halogens is 1. The molecule has 0 aromatic carbocycles. The van der Waals surface area contributed by atoms with Crippen LogP contribution in [0, 0.1) is 0 Å². The molecule has 1 atom stereocenters. The van der Waals surface area contributed by atoms with E-state index in [2.05, 4.69) is 20.9 Å². The molecule has 2 amide bonds. The molecule has 2 heterocycles. The zero-order valence-corrected chi connectivity index (χ0v) is 12.7. The lowest BCUT2D eigenvalue weighted by Crippen LogP contribution is -2.50. The Morgan fingerprint density at radius 1 is 1.52 bits per heavy atom. The predicted octanol–water partition coefficient (Wildman–Crippen LogP) is 1.57. The number of anilines is 1. The fourth-order valence-electron chi connectivity index (χ4n) is 2.12. The maximum atomic E-state index is 12.2. The first-order chi connectivity index (χ1) is 10.1. The zero-order chi connectivity index (χ0) is 15.2. The Kier molecular flexibility index (Phi) is 5.38. The zero-order valence-electron chi connectivity index (χ0n) is 11.9. The van der Waals surface area contributed by atoms with Gasteiger partial charge in [-0.15, -0.1) is 0 Å². The van der Waals surface area contributed by atoms with E-state index < -0.39 is 6.04 Å². The Morgan fingerprint density at radius 2 is 2.33 bits per heavy atom. The molecule has 1 unspecified atom stereocenters. The highest BCUT2D eigenvalue weighted by Crippen LogP contribution is 2.15. The summed E-state index contributed by atoms with van der Waals surface area (Å²) in [7, 11) is 0. The Morgan fingerprint density at radius 3 is 3.05 bits per heavy atom. The first-order valence-electron chi connectivity index (χ1n) is 7.10. The third-order valence-electron chi connectivity index (χ3n) is 3.20. The topological polar surface area (TPSA) is 83.1 Å². The number of hydrogen-bond donors (Lipinski definition) is 3. The van der Waals surface area contributed by atoms with Crippen LogP contribution in [-0.2, 0) is 4.79 Å². The number of hydrogen-bond acceptors (Lipinski definition) is 4. The maximum absolute atomic E-state index is 12.2. The van der Waals surface area contributed by atoms with Crippen molar-refractivity contribution in [3.8, 4) is 0 Å². The SMILES string of the molecule is CCCNc1cc(C(=O)NC2CCCNC2=O)cc(Cl)n1. The molecule has 1 saturated heterocycles. The summed E-state index contributed by atoms with van der Waals surface area (Å²) >= 11 is 5.93. The number of nitrogens with one attached hydrogen (secondary N) is 3. The van der Waals surface area contributed by atoms with Crippen LogP contribution >= 0.6 is 11.6 Å². The second-order valence-electron chi connectivity index (χ2n) is 4.95. The molecule has 0 spiro atoms. The van der Waals surface area contributed by atoms with Crippen LogP contribution in [0.15, 0.2) is 12.1 Å². The molecule has 1 aliphatic rings. The van der Waals surface area contributed by atoms with Gasteiger partial charge in [-0.25, -0.2) is 4.98 Å². The van der Waals surface area contributed by atoms with Gasteiger partial charge in [0.15, 0.2) is 0 Å². The Labute approximate surface area is 128 Å². The summed E-state index contributed by atoms with van der Waals surface area (Å²) in [6.45, 7) is 3.45. The van der Waals surface area contributed by atoms with E-state index in [-0.39, 0.29) is 17.0 Å². The van der Waals surface area contributed by atoms with Crippen molar-refractivity contribution < 1.29 is 9.59 Å². The second kappa shape index (κ2) is 7.26. The van der Waals surface area contributed by atoms with Crippen molar-refractivity contribution in [2.24, 2.45) is 0 Å². The molecule has 0 aliphatic carbocycles. The number of piperidine rings is 1. The fourth-order valence-corrected chi connectivity index (χ4v) is 2.33. The average molecular weight is 311 g/mol. The van der Waals surface area contributed by atoms with Crippen molar-refractivity contribution in [3.63, 3.8) is 0 Å². The molecule has 1 aromatic heterocycles. The number of pyridine rings is 1. The Bertz CT molecular complexity index is 536. The van der Waals surface area contributed by atoms with Gasteiger partial charge >= 0.3 is 0 Å². The van der Waals surface area contributed by atoms with Gasteiger partial charge in [-0.1, -0.05) is 18.5 Å². The summed E-state index contributed by atoms with van der Waals surface area (Å²) in [5.41, 5.74) is 0.395. The lowest BCUT2D eigenvalue weighted by atomic mass is 10.1. The fraction of sp³-hybridized carbons (Fsp3) is 0.500. The van der Waals surface area contributed by atoms with Crippen LogP contribution in [0.2, 0.25) is 5.15 Å². The van der Waals surface area contributed by atoms with E-state index in [1.807, 2.05) is 6.92 Å². The van der Waals surface area contributed by atoms with Gasteiger partial charge in [0.25, 0.3) is 5.91 Å². The van der Waals surface area contributed by atoms with Crippen LogP contribution in [-0.4, -0.2) is 35.9 Å². The van der Waals surface area contributed by atoms with Gasteiger partial charge in [0, 0.05) is 18.7 Å². The molecule has 0 saturated carbocycles. The number of carbonyl (C=O) groups excluding carboxylic acids is 2. The summed E-state index contributed by atoms with van der Waals surface area (Å²) in [4.78, 5) is 28.0. The van der Waals surface area contributed by atoms with Crippen LogP contribution in [0.5, 0.6) is 0 Å². The number of amides is 2. The molecule has 1 aliphatic heterocycles. The first-order valence-corrected chi connectivity index (χ1v) is 7.48. The number of rotatable bonds is 5. The molecule has 7 heteroatoms. The minimum Gasteiger partial charge on any atom is -0.370 e. The molecule has 0 bridgehead atoms. The van der Waals surface area contributed by atoms with Crippen LogP contribution in [0.3, 0.4) is 0 Å². The highest BCUT2D eigenvalue weighted by atomic mass is 35.5. The number of aromatic nitrogens is 1. The molecule has 6 nitrogen and oxygen atoms in total. The largest absolute Gasteiger partial charge is 0.370 e. The molecule has 21 heavy (non-hydrogen) atoms. The van der Waals surface area contributed by atoms with E-state index in [1.165, 1.54) is 6.07 Å². The van der Waals surface area contributed by atoms with Crippen LogP contribution in [0.1, 0.15) is 36.5 Å². The third kappa shape index (κ3) is 4.32. The molecule has 1 fully saturated rings. The highest BCUT2D eigenvalue weighted by molar-refractivity contribution is 6.29. The Balaban J connectivity index is 2.07. The molecule has 114 valence electrons. The maximum Gasteiger partial charge on any atom is 0.252 e. The molecule has 2 rings (SSSR count). The van der Waals surface area contributed by atoms with Gasteiger partial charge in [-0.05, 0) is 31.4 Å². The van der Waals surface area contributed by atoms with Gasteiger partial charge in [0.2, 0.25) is 5.91 Å². The lowest BCUT2D eigenvalue weighted by Gasteiger charge is -2.22. The second-order valence-corrected chi connectivity index (χ2v) is 5.34. The summed E-state index contributed by atoms with van der Waals surface area (Å²) in [5, 5.41) is 8.80. The smallest absolute Gasteiger partial charge is 0.252 e. The lowest BCUT2D eigenvalue weighted by molar-refractivity contribution is -0.124. The molecular weight excluding hydrogens is 292 g/mol. The van der Waals surface area contributed by atoms with Crippen molar-refractivity contribution in [3.05, 3.63) is 22.8 Å². The Hall–Kier alpha value is -1.82. The number of nitrogens with zero attached hydrogens (tertiary/aromatic N) is 1. The molecule has 1 aromatic rings. The van der Waals surface area contributed by atoms with Crippen LogP contribution in [0.25, 0.3) is 0 Å². The summed E-state index contributed by atoms with van der Waals surface area (Å²) in [5.74, 6) is 0.0996. The van der Waals surface area contributed by atoms with Gasteiger partial charge < -0.3 is 16.0 Å². The molecule has 3 N–H and O–H groups in total. The summed E-state index contributed by atoms with van der Waals surface area (Å²) < 4.78 is 0. The van der Waals surface area contributed by atoms with E-state index >= 15 is 0 Å². The van der Waals surface area contributed by atoms with Crippen LogP contribution in [0.4, 0.5) is 5.82 Å². The van der Waals surface area contributed by atoms with Gasteiger partial charge in [-0.3, -0.25) is 9.59 Å². The number of carbonyl (C=O) groups is 2. The summed E-state index contributed by atoms with van der Waals surface area (Å²) in [6, 6.07) is 2.65. The van der Waals surface area contributed by atoms with Crippen molar-refractivity contribution in [1.82, 2.24) is 15.6 Å². The van der Waals surface area contributed by atoms with Crippen molar-refractivity contribution in [1.29, 1.82) is 0 Å². The standard InChI is InChI=1S/C14H19ClN4O2/c1-2-5-16-12-8-9(7-11(15)19-12)13(20)18-10-4-3-6-17-14(10)21/h7-8,10H,2-6H2,1H3,(H,16,19)(H,17,21)(H,18,20).